The molecule has 1 saturated heterocycles. The number of hydrogen-bond donors (Lipinski definition) is 1. The van der Waals surface area contributed by atoms with Crippen LogP contribution in [0.4, 0.5) is 5.82 Å². The summed E-state index contributed by atoms with van der Waals surface area (Å²) in [5, 5.41) is 4.85. The van der Waals surface area contributed by atoms with Gasteiger partial charge in [-0.15, -0.1) is 11.3 Å². The Hall–Kier alpha value is -2.21. The largest absolute Gasteiger partial charge is 0.342 e. The van der Waals surface area contributed by atoms with Gasteiger partial charge in [0, 0.05) is 23.7 Å². The number of rotatable bonds is 4. The fourth-order valence-corrected chi connectivity index (χ4v) is 3.63. The molecular weight excluding hydrogens is 322 g/mol. The quantitative estimate of drug-likeness (QED) is 0.928. The molecule has 5 nitrogen and oxygen atoms in total. The molecule has 1 aliphatic heterocycles. The molecule has 24 heavy (non-hydrogen) atoms. The Bertz CT molecular complexity index is 715. The molecule has 0 aliphatic carbocycles. The van der Waals surface area contributed by atoms with E-state index in [9.17, 15) is 9.59 Å². The first-order valence-corrected chi connectivity index (χ1v) is 9.04. The Balaban J connectivity index is 1.58. The average molecular weight is 343 g/mol. The summed E-state index contributed by atoms with van der Waals surface area (Å²) in [5.74, 6) is 0.445. The third-order valence-electron chi connectivity index (χ3n) is 4.19. The molecule has 0 spiro atoms. The highest BCUT2D eigenvalue weighted by Gasteiger charge is 2.28. The molecule has 126 valence electrons. The van der Waals surface area contributed by atoms with Crippen LogP contribution >= 0.6 is 11.3 Å². The lowest BCUT2D eigenvalue weighted by Crippen LogP contribution is -2.44. The van der Waals surface area contributed by atoms with Crippen LogP contribution in [0, 0.1) is 12.8 Å². The number of carbonyl (C=O) groups excluding carboxylic acids is 2. The number of thiophene rings is 1. The van der Waals surface area contributed by atoms with Crippen LogP contribution in [0.2, 0.25) is 0 Å². The van der Waals surface area contributed by atoms with Crippen LogP contribution in [-0.4, -0.2) is 34.8 Å². The van der Waals surface area contributed by atoms with E-state index in [-0.39, 0.29) is 17.7 Å². The highest BCUT2D eigenvalue weighted by Crippen LogP contribution is 2.20. The molecule has 1 fully saturated rings. The van der Waals surface area contributed by atoms with Crippen LogP contribution in [-0.2, 0) is 16.0 Å². The zero-order valence-electron chi connectivity index (χ0n) is 13.7. The van der Waals surface area contributed by atoms with Gasteiger partial charge in [0.15, 0.2) is 0 Å². The minimum Gasteiger partial charge on any atom is -0.342 e. The normalized spacial score (nSPS) is 17.5. The topological polar surface area (TPSA) is 62.3 Å². The van der Waals surface area contributed by atoms with Crippen LogP contribution in [0.5, 0.6) is 0 Å². The number of nitrogens with zero attached hydrogens (tertiary/aromatic N) is 2. The van der Waals surface area contributed by atoms with Gasteiger partial charge in [-0.1, -0.05) is 12.1 Å². The van der Waals surface area contributed by atoms with Crippen molar-refractivity contribution < 1.29 is 9.59 Å². The van der Waals surface area contributed by atoms with Crippen LogP contribution in [0.25, 0.3) is 0 Å². The van der Waals surface area contributed by atoms with Crippen molar-refractivity contribution in [3.8, 4) is 0 Å². The van der Waals surface area contributed by atoms with E-state index >= 15 is 0 Å². The van der Waals surface area contributed by atoms with Crippen molar-refractivity contribution in [1.82, 2.24) is 9.88 Å². The van der Waals surface area contributed by atoms with E-state index in [0.717, 1.165) is 30.0 Å². The zero-order valence-corrected chi connectivity index (χ0v) is 14.5. The van der Waals surface area contributed by atoms with Crippen molar-refractivity contribution >= 4 is 29.0 Å². The van der Waals surface area contributed by atoms with Crippen LogP contribution < -0.4 is 5.32 Å². The van der Waals surface area contributed by atoms with Gasteiger partial charge in [-0.2, -0.15) is 0 Å². The third-order valence-corrected chi connectivity index (χ3v) is 5.07. The molecule has 0 unspecified atom stereocenters. The summed E-state index contributed by atoms with van der Waals surface area (Å²) in [4.78, 5) is 32.1. The molecule has 6 heteroatoms. The van der Waals surface area contributed by atoms with Crippen molar-refractivity contribution in [2.24, 2.45) is 5.92 Å². The maximum Gasteiger partial charge on any atom is 0.230 e. The third kappa shape index (κ3) is 4.20. The number of aryl methyl sites for hydroxylation is 1. The van der Waals surface area contributed by atoms with Crippen LogP contribution in [0.1, 0.15) is 23.4 Å². The Morgan fingerprint density at radius 1 is 1.33 bits per heavy atom. The van der Waals surface area contributed by atoms with Crippen molar-refractivity contribution in [1.29, 1.82) is 0 Å². The van der Waals surface area contributed by atoms with Gasteiger partial charge in [0.2, 0.25) is 11.8 Å². The van der Waals surface area contributed by atoms with Crippen molar-refractivity contribution in [2.75, 3.05) is 18.4 Å². The molecule has 0 radical (unpaired) electrons. The fraction of sp³-hybridized carbons (Fsp3) is 0.389. The SMILES string of the molecule is Cc1cccc(NC(=O)[C@H]2CCCN(C(=O)Cc3cccs3)C2)n1. The summed E-state index contributed by atoms with van der Waals surface area (Å²) < 4.78 is 0. The maximum atomic E-state index is 12.5. The summed E-state index contributed by atoms with van der Waals surface area (Å²) >= 11 is 1.59. The van der Waals surface area contributed by atoms with Gasteiger partial charge in [-0.3, -0.25) is 9.59 Å². The number of carbonyl (C=O) groups is 2. The Morgan fingerprint density at radius 2 is 2.21 bits per heavy atom. The predicted molar refractivity (Wildman–Crippen MR) is 94.9 cm³/mol. The molecule has 3 heterocycles. The highest BCUT2D eigenvalue weighted by atomic mass is 32.1. The van der Waals surface area contributed by atoms with E-state index in [4.69, 9.17) is 0 Å². The molecule has 0 aromatic carbocycles. The zero-order chi connectivity index (χ0) is 16.9. The van der Waals surface area contributed by atoms with E-state index in [1.165, 1.54) is 0 Å². The van der Waals surface area contributed by atoms with Gasteiger partial charge < -0.3 is 10.2 Å². The Kier molecular flexibility index (Phi) is 5.25. The minimum atomic E-state index is -0.173. The highest BCUT2D eigenvalue weighted by molar-refractivity contribution is 7.10. The number of aromatic nitrogens is 1. The molecule has 2 aromatic heterocycles. The summed E-state index contributed by atoms with van der Waals surface area (Å²) in [6.45, 7) is 3.11. The molecule has 2 aromatic rings. The predicted octanol–water partition coefficient (Wildman–Crippen LogP) is 2.87. The first kappa shape index (κ1) is 16.6. The summed E-state index contributed by atoms with van der Waals surface area (Å²) in [5.41, 5.74) is 0.865. The lowest BCUT2D eigenvalue weighted by atomic mass is 9.97. The van der Waals surface area contributed by atoms with E-state index in [1.807, 2.05) is 41.5 Å². The number of piperidine rings is 1. The number of likely N-dealkylation sites (tertiary alicyclic amines) is 1. The first-order valence-electron chi connectivity index (χ1n) is 8.16. The van der Waals surface area contributed by atoms with E-state index < -0.39 is 0 Å². The van der Waals surface area contributed by atoms with Crippen LogP contribution in [0.15, 0.2) is 35.7 Å². The number of nitrogens with one attached hydrogen (secondary N) is 1. The van der Waals surface area contributed by atoms with Gasteiger partial charge in [0.25, 0.3) is 0 Å². The molecular formula is C18H21N3O2S. The molecule has 1 atom stereocenters. The van der Waals surface area contributed by atoms with Gasteiger partial charge in [-0.05, 0) is 43.3 Å². The Labute approximate surface area is 145 Å². The minimum absolute atomic E-state index is 0.0540. The number of hydrogen-bond acceptors (Lipinski definition) is 4. The lowest BCUT2D eigenvalue weighted by molar-refractivity contribution is -0.133. The lowest BCUT2D eigenvalue weighted by Gasteiger charge is -2.32. The monoisotopic (exact) mass is 343 g/mol. The second-order valence-corrected chi connectivity index (χ2v) is 7.12. The molecule has 1 aliphatic rings. The molecule has 3 rings (SSSR count). The van der Waals surface area contributed by atoms with Crippen molar-refractivity contribution in [3.05, 3.63) is 46.3 Å². The second-order valence-electron chi connectivity index (χ2n) is 6.09. The molecule has 1 N–H and O–H groups in total. The fourth-order valence-electron chi connectivity index (χ4n) is 2.93. The van der Waals surface area contributed by atoms with Crippen molar-refractivity contribution in [3.63, 3.8) is 0 Å². The van der Waals surface area contributed by atoms with E-state index in [0.29, 0.717) is 18.8 Å². The summed E-state index contributed by atoms with van der Waals surface area (Å²) in [6, 6.07) is 9.47. The molecule has 2 amide bonds. The molecule has 0 bridgehead atoms. The first-order chi connectivity index (χ1) is 11.6. The van der Waals surface area contributed by atoms with Gasteiger partial charge in [-0.25, -0.2) is 4.98 Å². The molecule has 0 saturated carbocycles. The summed E-state index contributed by atoms with van der Waals surface area (Å²) in [7, 11) is 0. The summed E-state index contributed by atoms with van der Waals surface area (Å²) in [6.07, 6.45) is 2.08. The van der Waals surface area contributed by atoms with E-state index in [1.54, 1.807) is 17.4 Å². The smallest absolute Gasteiger partial charge is 0.230 e. The Morgan fingerprint density at radius 3 is 2.96 bits per heavy atom. The average Bonchev–Trinajstić information content (AvgIpc) is 3.08. The standard InChI is InChI=1S/C18H21N3O2S/c1-13-5-2-8-16(19-13)20-18(23)14-6-3-9-21(12-14)17(22)11-15-7-4-10-24-15/h2,4-5,7-8,10,14H,3,6,9,11-12H2,1H3,(H,19,20,23)/t14-/m0/s1. The number of amides is 2. The number of pyridine rings is 1. The van der Waals surface area contributed by atoms with Gasteiger partial charge in [0.05, 0.1) is 12.3 Å². The van der Waals surface area contributed by atoms with Gasteiger partial charge in [0.1, 0.15) is 5.82 Å². The second kappa shape index (κ2) is 7.57. The number of anilines is 1. The van der Waals surface area contributed by atoms with Gasteiger partial charge >= 0.3 is 0 Å². The van der Waals surface area contributed by atoms with Crippen LogP contribution in [0.3, 0.4) is 0 Å². The maximum absolute atomic E-state index is 12.5. The van der Waals surface area contributed by atoms with Crippen molar-refractivity contribution in [2.45, 2.75) is 26.2 Å². The van der Waals surface area contributed by atoms with E-state index in [2.05, 4.69) is 10.3 Å².